The van der Waals surface area contributed by atoms with E-state index in [4.69, 9.17) is 4.98 Å². The fourth-order valence-corrected chi connectivity index (χ4v) is 8.80. The van der Waals surface area contributed by atoms with Crippen LogP contribution >= 0.6 is 34.9 Å². The van der Waals surface area contributed by atoms with Gasteiger partial charge in [-0.2, -0.15) is 0 Å². The standard InChI is InChI=1S/C39H28FN5OS3/c40-33-19-17-27(31-15-6-7-16-32(31)33)23-48-39-42-34-20-18-28(22-35(34)49-39)41-37(46)24-47-38-44-43-36(45(38)29-12-2-1-3-13-29)21-26-11-8-10-25-9-4-5-14-30(25)26/h1-20,22H,21,23-24H2,(H,41,46). The molecule has 0 saturated heterocycles. The van der Waals surface area contributed by atoms with Crippen LogP contribution < -0.4 is 5.32 Å². The van der Waals surface area contributed by atoms with Crippen LogP contribution in [0.3, 0.4) is 0 Å². The van der Waals surface area contributed by atoms with Crippen molar-refractivity contribution in [3.8, 4) is 5.69 Å². The van der Waals surface area contributed by atoms with Crippen LogP contribution in [0, 0.1) is 5.82 Å². The maximum atomic E-state index is 14.3. The Morgan fingerprint density at radius 2 is 1.53 bits per heavy atom. The zero-order valence-corrected chi connectivity index (χ0v) is 28.5. The predicted octanol–water partition coefficient (Wildman–Crippen LogP) is 9.94. The van der Waals surface area contributed by atoms with Crippen LogP contribution in [-0.4, -0.2) is 31.4 Å². The third kappa shape index (κ3) is 6.67. The van der Waals surface area contributed by atoms with Crippen molar-refractivity contribution < 1.29 is 9.18 Å². The maximum absolute atomic E-state index is 14.3. The number of carbonyl (C=O) groups excluding carboxylic acids is 1. The second kappa shape index (κ2) is 13.8. The number of aromatic nitrogens is 4. The van der Waals surface area contributed by atoms with Crippen molar-refractivity contribution in [2.45, 2.75) is 21.7 Å². The van der Waals surface area contributed by atoms with E-state index in [1.165, 1.54) is 34.2 Å². The molecule has 49 heavy (non-hydrogen) atoms. The van der Waals surface area contributed by atoms with Gasteiger partial charge in [-0.25, -0.2) is 9.37 Å². The van der Waals surface area contributed by atoms with Gasteiger partial charge in [0.2, 0.25) is 5.91 Å². The summed E-state index contributed by atoms with van der Waals surface area (Å²) in [6.45, 7) is 0. The molecule has 8 rings (SSSR count). The molecule has 2 heterocycles. The number of benzene rings is 6. The lowest BCUT2D eigenvalue weighted by Crippen LogP contribution is -2.14. The van der Waals surface area contributed by atoms with Crippen molar-refractivity contribution in [1.29, 1.82) is 0 Å². The highest BCUT2D eigenvalue weighted by Gasteiger charge is 2.18. The number of nitrogens with zero attached hydrogens (tertiary/aromatic N) is 4. The van der Waals surface area contributed by atoms with E-state index in [1.807, 2.05) is 89.5 Å². The molecule has 6 aromatic carbocycles. The molecule has 0 aliphatic carbocycles. The zero-order chi connectivity index (χ0) is 33.2. The number of hydrogen-bond donors (Lipinski definition) is 1. The molecule has 0 unspecified atom stereocenters. The fraction of sp³-hybridized carbons (Fsp3) is 0.0769. The molecule has 10 heteroatoms. The summed E-state index contributed by atoms with van der Waals surface area (Å²) >= 11 is 4.57. The van der Waals surface area contributed by atoms with E-state index in [-0.39, 0.29) is 17.5 Å². The summed E-state index contributed by atoms with van der Waals surface area (Å²) in [5.74, 6) is 1.31. The van der Waals surface area contributed by atoms with E-state index < -0.39 is 0 Å². The van der Waals surface area contributed by atoms with Crippen molar-refractivity contribution in [3.05, 3.63) is 150 Å². The molecule has 8 aromatic rings. The summed E-state index contributed by atoms with van der Waals surface area (Å²) in [6.07, 6.45) is 0.603. The highest BCUT2D eigenvalue weighted by molar-refractivity contribution is 8.00. The maximum Gasteiger partial charge on any atom is 0.234 e. The number of para-hydroxylation sites is 1. The Bertz CT molecular complexity index is 2460. The molecule has 0 atom stereocenters. The minimum Gasteiger partial charge on any atom is -0.325 e. The first-order valence-electron chi connectivity index (χ1n) is 15.7. The van der Waals surface area contributed by atoms with Crippen molar-refractivity contribution in [3.63, 3.8) is 0 Å². The van der Waals surface area contributed by atoms with Gasteiger partial charge < -0.3 is 5.32 Å². The first-order valence-corrected chi connectivity index (χ1v) is 18.5. The van der Waals surface area contributed by atoms with Crippen LogP contribution in [0.25, 0.3) is 37.4 Å². The van der Waals surface area contributed by atoms with E-state index in [1.54, 1.807) is 23.1 Å². The Kier molecular flexibility index (Phi) is 8.82. The summed E-state index contributed by atoms with van der Waals surface area (Å²) in [7, 11) is 0. The number of anilines is 1. The molecule has 1 N–H and O–H groups in total. The number of hydrogen-bond acceptors (Lipinski definition) is 7. The highest BCUT2D eigenvalue weighted by Crippen LogP contribution is 2.35. The van der Waals surface area contributed by atoms with Crippen LogP contribution in [0.4, 0.5) is 10.1 Å². The van der Waals surface area contributed by atoms with E-state index in [0.717, 1.165) is 37.0 Å². The highest BCUT2D eigenvalue weighted by atomic mass is 32.2. The molecule has 2 aromatic heterocycles. The number of thiazole rings is 1. The van der Waals surface area contributed by atoms with Crippen LogP contribution in [0.1, 0.15) is 17.0 Å². The van der Waals surface area contributed by atoms with Crippen LogP contribution in [-0.2, 0) is 17.0 Å². The van der Waals surface area contributed by atoms with Gasteiger partial charge in [0.05, 0.1) is 16.0 Å². The third-order valence-electron chi connectivity index (χ3n) is 8.24. The summed E-state index contributed by atoms with van der Waals surface area (Å²) in [5, 5.41) is 16.7. The Morgan fingerprint density at radius 3 is 2.41 bits per heavy atom. The van der Waals surface area contributed by atoms with Gasteiger partial charge in [0.1, 0.15) is 11.6 Å². The van der Waals surface area contributed by atoms with E-state index in [9.17, 15) is 9.18 Å². The Labute approximate surface area is 294 Å². The molecule has 240 valence electrons. The minimum absolute atomic E-state index is 0.134. The van der Waals surface area contributed by atoms with Gasteiger partial charge in [-0.3, -0.25) is 9.36 Å². The minimum atomic E-state index is -0.211. The SMILES string of the molecule is O=C(CSc1nnc(Cc2cccc3ccccc23)n1-c1ccccc1)Nc1ccc2nc(SCc3ccc(F)c4ccccc34)sc2c1. The van der Waals surface area contributed by atoms with E-state index >= 15 is 0 Å². The quantitative estimate of drug-likeness (QED) is 0.144. The molecular formula is C39H28FN5OS3. The average Bonchev–Trinajstić information content (AvgIpc) is 3.74. The molecule has 0 saturated carbocycles. The fourth-order valence-electron chi connectivity index (χ4n) is 5.92. The number of fused-ring (bicyclic) bond motifs is 3. The Hall–Kier alpha value is -5.03. The van der Waals surface area contributed by atoms with Gasteiger partial charge in [0.25, 0.3) is 0 Å². The largest absolute Gasteiger partial charge is 0.325 e. The summed E-state index contributed by atoms with van der Waals surface area (Å²) in [4.78, 5) is 18.0. The lowest BCUT2D eigenvalue weighted by molar-refractivity contribution is -0.113. The number of rotatable bonds is 10. The van der Waals surface area contributed by atoms with Crippen molar-refractivity contribution in [2.24, 2.45) is 0 Å². The van der Waals surface area contributed by atoms with Crippen LogP contribution in [0.15, 0.2) is 137 Å². The van der Waals surface area contributed by atoms with Gasteiger partial charge in [-0.15, -0.1) is 21.5 Å². The van der Waals surface area contributed by atoms with Crippen LogP contribution in [0.5, 0.6) is 0 Å². The van der Waals surface area contributed by atoms with Crippen molar-refractivity contribution >= 4 is 78.2 Å². The van der Waals surface area contributed by atoms with Gasteiger partial charge >= 0.3 is 0 Å². The lowest BCUT2D eigenvalue weighted by atomic mass is 10.0. The van der Waals surface area contributed by atoms with Gasteiger partial charge in [0.15, 0.2) is 9.50 Å². The van der Waals surface area contributed by atoms with Gasteiger partial charge in [0, 0.05) is 28.9 Å². The van der Waals surface area contributed by atoms with Gasteiger partial charge in [-0.05, 0) is 63.7 Å². The van der Waals surface area contributed by atoms with Crippen LogP contribution in [0.2, 0.25) is 0 Å². The number of halogens is 1. The lowest BCUT2D eigenvalue weighted by Gasteiger charge is -2.11. The molecule has 0 radical (unpaired) electrons. The summed E-state index contributed by atoms with van der Waals surface area (Å²) < 4.78 is 18.2. The summed E-state index contributed by atoms with van der Waals surface area (Å²) in [6, 6.07) is 41.3. The average molecular weight is 698 g/mol. The predicted molar refractivity (Wildman–Crippen MR) is 201 cm³/mol. The van der Waals surface area contributed by atoms with Crippen molar-refractivity contribution in [1.82, 2.24) is 19.7 Å². The van der Waals surface area contributed by atoms with Crippen molar-refractivity contribution in [2.75, 3.05) is 11.1 Å². The first kappa shape index (κ1) is 31.3. The third-order valence-corrected chi connectivity index (χ3v) is 11.4. The molecular weight excluding hydrogens is 670 g/mol. The number of nitrogens with one attached hydrogen (secondary N) is 1. The van der Waals surface area contributed by atoms with E-state index in [0.29, 0.717) is 28.4 Å². The normalized spacial score (nSPS) is 11.4. The molecule has 6 nitrogen and oxygen atoms in total. The topological polar surface area (TPSA) is 72.7 Å². The second-order valence-corrected chi connectivity index (χ2v) is 14.6. The Morgan fingerprint density at radius 1 is 0.755 bits per heavy atom. The summed E-state index contributed by atoms with van der Waals surface area (Å²) in [5.41, 5.74) is 4.77. The smallest absolute Gasteiger partial charge is 0.234 e. The molecule has 1 amide bonds. The van der Waals surface area contributed by atoms with E-state index in [2.05, 4.69) is 51.9 Å². The molecule has 0 bridgehead atoms. The Balaban J connectivity index is 0.956. The first-order chi connectivity index (χ1) is 24.1. The number of amides is 1. The molecule has 0 fully saturated rings. The monoisotopic (exact) mass is 697 g/mol. The zero-order valence-electron chi connectivity index (χ0n) is 26.0. The molecule has 0 aliphatic rings. The molecule has 0 spiro atoms. The number of thioether (sulfide) groups is 2. The molecule has 0 aliphatic heterocycles. The number of carbonyl (C=O) groups is 1. The van der Waals surface area contributed by atoms with Gasteiger partial charge in [-0.1, -0.05) is 115 Å². The second-order valence-electron chi connectivity index (χ2n) is 11.4.